The Morgan fingerprint density at radius 3 is 1.23 bits per heavy atom. The van der Waals surface area contributed by atoms with Crippen LogP contribution >= 0.6 is 0 Å². The normalized spacial score (nSPS) is 11.8. The van der Waals surface area contributed by atoms with Gasteiger partial charge in [0.15, 0.2) is 22.7 Å². The molecule has 0 saturated carbocycles. The SMILES string of the molecule is OCc1cc(Oc2ccc3ccccc3c2-c2c(Oc3cc(CO)cc4c3oc3ccccc34)ccc3ccccc23)c2oc3ccccc3c2c1. The Balaban J connectivity index is 1.24. The molecule has 2 N–H and O–H groups in total. The molecule has 2 heterocycles. The van der Waals surface area contributed by atoms with Gasteiger partial charge in [0.2, 0.25) is 0 Å². The van der Waals surface area contributed by atoms with E-state index in [1.807, 2.05) is 121 Å². The van der Waals surface area contributed by atoms with E-state index in [4.69, 9.17) is 18.3 Å². The van der Waals surface area contributed by atoms with Crippen LogP contribution in [0.5, 0.6) is 23.0 Å². The second-order valence-electron chi connectivity index (χ2n) is 13.0. The first-order valence-electron chi connectivity index (χ1n) is 17.2. The fourth-order valence-electron chi connectivity index (χ4n) is 7.47. The van der Waals surface area contributed by atoms with Gasteiger partial charge in [-0.05, 0) is 81.2 Å². The van der Waals surface area contributed by atoms with Crippen LogP contribution in [0.2, 0.25) is 0 Å². The first-order chi connectivity index (χ1) is 25.7. The molecule has 6 nitrogen and oxygen atoms in total. The first kappa shape index (κ1) is 30.2. The third-order valence-electron chi connectivity index (χ3n) is 9.84. The Bertz CT molecular complexity index is 2800. The number of rotatable bonds is 7. The third kappa shape index (κ3) is 4.81. The van der Waals surface area contributed by atoms with E-state index in [1.165, 1.54) is 0 Å². The minimum atomic E-state index is -0.152. The van der Waals surface area contributed by atoms with Crippen LogP contribution in [0.1, 0.15) is 11.1 Å². The maximum absolute atomic E-state index is 10.3. The fourth-order valence-corrected chi connectivity index (χ4v) is 7.47. The van der Waals surface area contributed by atoms with Gasteiger partial charge in [-0.2, -0.15) is 0 Å². The molecule has 2 aromatic heterocycles. The van der Waals surface area contributed by atoms with Crippen molar-refractivity contribution in [3.05, 3.63) is 157 Å². The summed E-state index contributed by atoms with van der Waals surface area (Å²) in [5.74, 6) is 2.18. The van der Waals surface area contributed by atoms with Crippen molar-refractivity contribution >= 4 is 65.4 Å². The van der Waals surface area contributed by atoms with E-state index in [-0.39, 0.29) is 13.2 Å². The van der Waals surface area contributed by atoms with E-state index in [0.29, 0.717) is 45.3 Å². The predicted molar refractivity (Wildman–Crippen MR) is 206 cm³/mol. The highest BCUT2D eigenvalue weighted by molar-refractivity contribution is 6.11. The Hall–Kier alpha value is -6.60. The van der Waals surface area contributed by atoms with Crippen molar-refractivity contribution in [1.29, 1.82) is 0 Å². The van der Waals surface area contributed by atoms with E-state index in [9.17, 15) is 10.2 Å². The lowest BCUT2D eigenvalue weighted by atomic mass is 9.92. The van der Waals surface area contributed by atoms with Crippen LogP contribution in [0.15, 0.2) is 154 Å². The zero-order valence-corrected chi connectivity index (χ0v) is 27.8. The molecule has 0 aliphatic carbocycles. The van der Waals surface area contributed by atoms with E-state index < -0.39 is 0 Å². The molecule has 0 aliphatic rings. The summed E-state index contributed by atoms with van der Waals surface area (Å²) in [7, 11) is 0. The van der Waals surface area contributed by atoms with E-state index >= 15 is 0 Å². The van der Waals surface area contributed by atoms with Crippen LogP contribution in [0.4, 0.5) is 0 Å². The van der Waals surface area contributed by atoms with Crippen LogP contribution in [0, 0.1) is 0 Å². The van der Waals surface area contributed by atoms with Gasteiger partial charge >= 0.3 is 0 Å². The number of fused-ring (bicyclic) bond motifs is 8. The minimum absolute atomic E-state index is 0.152. The molecule has 0 amide bonds. The molecule has 6 heteroatoms. The number of benzene rings is 8. The molecular weight excluding hydrogens is 649 g/mol. The molecule has 0 spiro atoms. The second kappa shape index (κ2) is 12.0. The average molecular weight is 679 g/mol. The second-order valence-corrected chi connectivity index (χ2v) is 13.0. The van der Waals surface area contributed by atoms with Crippen LogP contribution in [0.25, 0.3) is 76.5 Å². The lowest BCUT2D eigenvalue weighted by Gasteiger charge is -2.20. The van der Waals surface area contributed by atoms with Gasteiger partial charge in [-0.15, -0.1) is 0 Å². The number of hydrogen-bond donors (Lipinski definition) is 2. The zero-order chi connectivity index (χ0) is 34.8. The number of para-hydroxylation sites is 2. The standard InChI is InChI=1S/C46H30O6/c47-25-27-21-35-33-13-5-7-15-37(33)51-45(35)41(23-27)49-39-19-17-29-9-1-3-11-31(29)43(39)44-32-12-4-2-10-30(32)18-20-40(44)50-42-24-28(26-48)22-36-34-14-6-8-16-38(34)52-46(36)42/h1-24,47-48H,25-26H2. The number of aliphatic hydroxyl groups excluding tert-OH is 2. The van der Waals surface area contributed by atoms with Gasteiger partial charge in [0.25, 0.3) is 0 Å². The molecule has 10 aromatic rings. The van der Waals surface area contributed by atoms with Gasteiger partial charge in [-0.3, -0.25) is 0 Å². The number of ether oxygens (including phenoxy) is 2. The van der Waals surface area contributed by atoms with Crippen molar-refractivity contribution in [2.45, 2.75) is 13.2 Å². The van der Waals surface area contributed by atoms with Crippen LogP contribution in [-0.4, -0.2) is 10.2 Å². The van der Waals surface area contributed by atoms with Crippen LogP contribution in [-0.2, 0) is 13.2 Å². The van der Waals surface area contributed by atoms with Crippen molar-refractivity contribution in [3.8, 4) is 34.1 Å². The largest absolute Gasteiger partial charge is 0.453 e. The zero-order valence-electron chi connectivity index (χ0n) is 27.8. The molecule has 0 atom stereocenters. The average Bonchev–Trinajstić information content (AvgIpc) is 3.77. The van der Waals surface area contributed by atoms with Crippen molar-refractivity contribution in [1.82, 2.24) is 0 Å². The molecule has 8 aromatic carbocycles. The molecule has 250 valence electrons. The third-order valence-corrected chi connectivity index (χ3v) is 9.84. The molecule has 0 unspecified atom stereocenters. The van der Waals surface area contributed by atoms with Crippen LogP contribution in [0.3, 0.4) is 0 Å². The Labute approximate surface area is 297 Å². The summed E-state index contributed by atoms with van der Waals surface area (Å²) in [6.07, 6.45) is 0. The Morgan fingerprint density at radius 1 is 0.385 bits per heavy atom. The maximum atomic E-state index is 10.3. The van der Waals surface area contributed by atoms with Crippen molar-refractivity contribution in [2.75, 3.05) is 0 Å². The van der Waals surface area contributed by atoms with E-state index in [2.05, 4.69) is 24.3 Å². The first-order valence-corrected chi connectivity index (χ1v) is 17.2. The number of aliphatic hydroxyl groups is 2. The van der Waals surface area contributed by atoms with Gasteiger partial charge in [-0.25, -0.2) is 0 Å². The highest BCUT2D eigenvalue weighted by Gasteiger charge is 2.23. The molecule has 0 bridgehead atoms. The summed E-state index contributed by atoms with van der Waals surface area (Å²) in [6.45, 7) is -0.304. The molecule has 0 radical (unpaired) electrons. The maximum Gasteiger partial charge on any atom is 0.177 e. The Morgan fingerprint density at radius 2 is 0.788 bits per heavy atom. The summed E-state index contributed by atoms with van der Waals surface area (Å²) in [5.41, 5.74) is 5.77. The van der Waals surface area contributed by atoms with Gasteiger partial charge in [0.05, 0.1) is 13.2 Å². The summed E-state index contributed by atoms with van der Waals surface area (Å²) in [6, 6.07) is 47.8. The van der Waals surface area contributed by atoms with Gasteiger partial charge in [-0.1, -0.05) is 97.1 Å². The van der Waals surface area contributed by atoms with Gasteiger partial charge < -0.3 is 28.5 Å². The molecule has 10 rings (SSSR count). The monoisotopic (exact) mass is 678 g/mol. The van der Waals surface area contributed by atoms with Gasteiger partial charge in [0.1, 0.15) is 22.7 Å². The molecule has 52 heavy (non-hydrogen) atoms. The summed E-state index contributed by atoms with van der Waals surface area (Å²) < 4.78 is 26.7. The summed E-state index contributed by atoms with van der Waals surface area (Å²) in [5, 5.41) is 28.2. The van der Waals surface area contributed by atoms with Crippen molar-refractivity contribution in [3.63, 3.8) is 0 Å². The number of furan rings is 2. The summed E-state index contributed by atoms with van der Waals surface area (Å²) >= 11 is 0. The minimum Gasteiger partial charge on any atom is -0.453 e. The van der Waals surface area contributed by atoms with Gasteiger partial charge in [0, 0.05) is 32.7 Å². The smallest absolute Gasteiger partial charge is 0.177 e. The Kier molecular flexibility index (Phi) is 6.99. The van der Waals surface area contributed by atoms with E-state index in [0.717, 1.165) is 65.4 Å². The lowest BCUT2D eigenvalue weighted by Crippen LogP contribution is -1.96. The van der Waals surface area contributed by atoms with E-state index in [1.54, 1.807) is 0 Å². The number of hydrogen-bond acceptors (Lipinski definition) is 6. The molecular formula is C46H30O6. The fraction of sp³-hybridized carbons (Fsp3) is 0.0435. The van der Waals surface area contributed by atoms with Crippen molar-refractivity contribution in [2.24, 2.45) is 0 Å². The molecule has 0 fully saturated rings. The molecule has 0 saturated heterocycles. The quantitative estimate of drug-likeness (QED) is 0.174. The highest BCUT2D eigenvalue weighted by atomic mass is 16.5. The highest BCUT2D eigenvalue weighted by Crippen LogP contribution is 2.50. The van der Waals surface area contributed by atoms with Crippen LogP contribution < -0.4 is 9.47 Å². The lowest BCUT2D eigenvalue weighted by molar-refractivity contribution is 0.281. The topological polar surface area (TPSA) is 85.2 Å². The predicted octanol–water partition coefficient (Wildman–Crippen LogP) is 12.0. The molecule has 0 aliphatic heterocycles. The van der Waals surface area contributed by atoms with Crippen molar-refractivity contribution < 1.29 is 28.5 Å². The summed E-state index contributed by atoms with van der Waals surface area (Å²) in [4.78, 5) is 0.